The lowest BCUT2D eigenvalue weighted by molar-refractivity contribution is 0.102. The standard InChI is InChI=1S/C19H22ClN3O/c1-22-10-12-23(13-11-22)14-16-4-2-3-5-18(16)21-19(24)15-6-8-17(20)9-7-15/h2-9H,10-14H2,1H3,(H,21,24). The summed E-state index contributed by atoms with van der Waals surface area (Å²) in [6.07, 6.45) is 0. The third-order valence-corrected chi connectivity index (χ3v) is 4.61. The van der Waals surface area contributed by atoms with Crippen molar-refractivity contribution in [2.24, 2.45) is 0 Å². The summed E-state index contributed by atoms with van der Waals surface area (Å²) in [5.41, 5.74) is 2.62. The van der Waals surface area contributed by atoms with Gasteiger partial charge in [0.25, 0.3) is 5.91 Å². The largest absolute Gasteiger partial charge is 0.322 e. The van der Waals surface area contributed by atoms with E-state index in [1.165, 1.54) is 0 Å². The van der Waals surface area contributed by atoms with Gasteiger partial charge in [0.1, 0.15) is 0 Å². The fourth-order valence-electron chi connectivity index (χ4n) is 2.82. The lowest BCUT2D eigenvalue weighted by Gasteiger charge is -2.32. The number of hydrogen-bond acceptors (Lipinski definition) is 3. The molecule has 0 unspecified atom stereocenters. The molecule has 0 aromatic heterocycles. The molecule has 4 nitrogen and oxygen atoms in total. The van der Waals surface area contributed by atoms with Crippen LogP contribution < -0.4 is 5.32 Å². The van der Waals surface area contributed by atoms with Crippen molar-refractivity contribution in [3.05, 3.63) is 64.7 Å². The average Bonchev–Trinajstić information content (AvgIpc) is 2.59. The lowest BCUT2D eigenvalue weighted by atomic mass is 10.1. The number of rotatable bonds is 4. The third kappa shape index (κ3) is 4.35. The molecule has 0 spiro atoms. The van der Waals surface area contributed by atoms with Gasteiger partial charge < -0.3 is 10.2 Å². The van der Waals surface area contributed by atoms with Crippen LogP contribution in [0.25, 0.3) is 0 Å². The molecular formula is C19H22ClN3O. The molecule has 0 saturated carbocycles. The van der Waals surface area contributed by atoms with Crippen molar-refractivity contribution in [3.8, 4) is 0 Å². The average molecular weight is 344 g/mol. The number of hydrogen-bond donors (Lipinski definition) is 1. The summed E-state index contributed by atoms with van der Waals surface area (Å²) >= 11 is 5.88. The maximum atomic E-state index is 12.4. The molecule has 1 amide bonds. The second kappa shape index (κ2) is 7.79. The fraction of sp³-hybridized carbons (Fsp3) is 0.316. The number of likely N-dealkylation sites (N-methyl/N-ethyl adjacent to an activating group) is 1. The number of anilines is 1. The molecule has 1 aliphatic heterocycles. The van der Waals surface area contributed by atoms with Crippen molar-refractivity contribution in [3.63, 3.8) is 0 Å². The molecule has 24 heavy (non-hydrogen) atoms. The quantitative estimate of drug-likeness (QED) is 0.924. The Morgan fingerprint density at radius 2 is 1.71 bits per heavy atom. The molecule has 1 N–H and O–H groups in total. The number of carbonyl (C=O) groups excluding carboxylic acids is 1. The number of nitrogens with one attached hydrogen (secondary N) is 1. The van der Waals surface area contributed by atoms with Crippen LogP contribution in [0.3, 0.4) is 0 Å². The van der Waals surface area contributed by atoms with Gasteiger partial charge in [-0.25, -0.2) is 0 Å². The van der Waals surface area contributed by atoms with Crippen LogP contribution in [0.15, 0.2) is 48.5 Å². The topological polar surface area (TPSA) is 35.6 Å². The second-order valence-electron chi connectivity index (χ2n) is 6.20. The Bertz CT molecular complexity index is 694. The first-order valence-corrected chi connectivity index (χ1v) is 8.55. The summed E-state index contributed by atoms with van der Waals surface area (Å²) in [6, 6.07) is 14.9. The van der Waals surface area contributed by atoms with E-state index < -0.39 is 0 Å². The van der Waals surface area contributed by atoms with Gasteiger partial charge in [0.15, 0.2) is 0 Å². The number of amides is 1. The van der Waals surface area contributed by atoms with Gasteiger partial charge in [-0.2, -0.15) is 0 Å². The maximum absolute atomic E-state index is 12.4. The molecule has 1 fully saturated rings. The van der Waals surface area contributed by atoms with E-state index in [-0.39, 0.29) is 5.91 Å². The molecule has 2 aromatic rings. The Labute approximate surface area is 148 Å². The van der Waals surface area contributed by atoms with E-state index >= 15 is 0 Å². The molecule has 0 bridgehead atoms. The number of piperazine rings is 1. The first-order valence-electron chi connectivity index (χ1n) is 8.17. The molecule has 2 aromatic carbocycles. The summed E-state index contributed by atoms with van der Waals surface area (Å²) < 4.78 is 0. The zero-order chi connectivity index (χ0) is 16.9. The Balaban J connectivity index is 1.69. The maximum Gasteiger partial charge on any atom is 0.255 e. The van der Waals surface area contributed by atoms with Gasteiger partial charge in [0, 0.05) is 49.0 Å². The highest BCUT2D eigenvalue weighted by Crippen LogP contribution is 2.19. The van der Waals surface area contributed by atoms with E-state index in [0.29, 0.717) is 10.6 Å². The van der Waals surface area contributed by atoms with Crippen LogP contribution in [0.5, 0.6) is 0 Å². The van der Waals surface area contributed by atoms with E-state index in [2.05, 4.69) is 28.2 Å². The van der Waals surface area contributed by atoms with Crippen LogP contribution in [0.1, 0.15) is 15.9 Å². The minimum atomic E-state index is -0.113. The Morgan fingerprint density at radius 3 is 2.42 bits per heavy atom. The van der Waals surface area contributed by atoms with Crippen molar-refractivity contribution < 1.29 is 4.79 Å². The highest BCUT2D eigenvalue weighted by Gasteiger charge is 2.16. The summed E-state index contributed by atoms with van der Waals surface area (Å²) in [7, 11) is 2.15. The van der Waals surface area contributed by atoms with Crippen LogP contribution in [0.2, 0.25) is 5.02 Å². The SMILES string of the molecule is CN1CCN(Cc2ccccc2NC(=O)c2ccc(Cl)cc2)CC1. The van der Waals surface area contributed by atoms with Crippen LogP contribution in [-0.2, 0) is 6.54 Å². The zero-order valence-electron chi connectivity index (χ0n) is 13.8. The summed E-state index contributed by atoms with van der Waals surface area (Å²) in [5, 5.41) is 3.65. The van der Waals surface area contributed by atoms with Gasteiger partial charge in [0.2, 0.25) is 0 Å². The third-order valence-electron chi connectivity index (χ3n) is 4.36. The van der Waals surface area contributed by atoms with E-state index in [0.717, 1.165) is 44.0 Å². The minimum Gasteiger partial charge on any atom is -0.322 e. The highest BCUT2D eigenvalue weighted by molar-refractivity contribution is 6.30. The minimum absolute atomic E-state index is 0.113. The smallest absolute Gasteiger partial charge is 0.255 e. The summed E-state index contributed by atoms with van der Waals surface area (Å²) in [5.74, 6) is -0.113. The number of halogens is 1. The van der Waals surface area contributed by atoms with Gasteiger partial charge in [-0.1, -0.05) is 29.8 Å². The van der Waals surface area contributed by atoms with Crippen LogP contribution in [0.4, 0.5) is 5.69 Å². The molecule has 0 atom stereocenters. The van der Waals surface area contributed by atoms with Crippen molar-refractivity contribution >= 4 is 23.2 Å². The molecule has 1 aliphatic rings. The van der Waals surface area contributed by atoms with E-state index in [1.54, 1.807) is 24.3 Å². The molecular weight excluding hydrogens is 322 g/mol. The van der Waals surface area contributed by atoms with Gasteiger partial charge in [-0.15, -0.1) is 0 Å². The highest BCUT2D eigenvalue weighted by atomic mass is 35.5. The fourth-order valence-corrected chi connectivity index (χ4v) is 2.95. The van der Waals surface area contributed by atoms with Crippen molar-refractivity contribution in [1.82, 2.24) is 9.80 Å². The molecule has 0 aliphatic carbocycles. The summed E-state index contributed by atoms with van der Waals surface area (Å²) in [6.45, 7) is 5.12. The predicted molar refractivity (Wildman–Crippen MR) is 98.6 cm³/mol. The molecule has 126 valence electrons. The van der Waals surface area contributed by atoms with Crippen molar-refractivity contribution in [1.29, 1.82) is 0 Å². The van der Waals surface area contributed by atoms with Gasteiger partial charge in [-0.05, 0) is 42.9 Å². The molecule has 1 saturated heterocycles. The Kier molecular flexibility index (Phi) is 5.51. The van der Waals surface area contributed by atoms with Crippen LogP contribution in [0, 0.1) is 0 Å². The summed E-state index contributed by atoms with van der Waals surface area (Å²) in [4.78, 5) is 17.2. The van der Waals surface area contributed by atoms with E-state index in [4.69, 9.17) is 11.6 Å². The number of nitrogens with zero attached hydrogens (tertiary/aromatic N) is 2. The number of carbonyl (C=O) groups is 1. The molecule has 3 rings (SSSR count). The Hall–Kier alpha value is -1.88. The normalized spacial score (nSPS) is 16.1. The first kappa shape index (κ1) is 17.0. The molecule has 0 radical (unpaired) electrons. The predicted octanol–water partition coefficient (Wildman–Crippen LogP) is 3.34. The van der Waals surface area contributed by atoms with Crippen molar-refractivity contribution in [2.45, 2.75) is 6.54 Å². The zero-order valence-corrected chi connectivity index (χ0v) is 14.6. The number of benzene rings is 2. The first-order chi connectivity index (χ1) is 11.6. The van der Waals surface area contributed by atoms with Crippen LogP contribution >= 0.6 is 11.6 Å². The second-order valence-corrected chi connectivity index (χ2v) is 6.63. The van der Waals surface area contributed by atoms with Gasteiger partial charge in [-0.3, -0.25) is 9.69 Å². The van der Waals surface area contributed by atoms with Crippen molar-refractivity contribution in [2.75, 3.05) is 38.5 Å². The van der Waals surface area contributed by atoms with E-state index in [9.17, 15) is 4.79 Å². The molecule has 5 heteroatoms. The van der Waals surface area contributed by atoms with Gasteiger partial charge >= 0.3 is 0 Å². The lowest BCUT2D eigenvalue weighted by Crippen LogP contribution is -2.43. The number of para-hydroxylation sites is 1. The molecule has 1 heterocycles. The van der Waals surface area contributed by atoms with E-state index in [1.807, 2.05) is 18.2 Å². The van der Waals surface area contributed by atoms with Gasteiger partial charge in [0.05, 0.1) is 0 Å². The Morgan fingerprint density at radius 1 is 1.04 bits per heavy atom. The monoisotopic (exact) mass is 343 g/mol. The van der Waals surface area contributed by atoms with Crippen LogP contribution in [-0.4, -0.2) is 48.9 Å².